The third-order valence-electron chi connectivity index (χ3n) is 3.71. The van der Waals surface area contributed by atoms with Crippen LogP contribution in [0.2, 0.25) is 0 Å². The minimum atomic E-state index is 0.302. The molecule has 1 unspecified atom stereocenters. The first-order chi connectivity index (χ1) is 8.49. The molecule has 1 fully saturated rings. The van der Waals surface area contributed by atoms with Crippen LogP contribution in [0.15, 0.2) is 33.3 Å². The van der Waals surface area contributed by atoms with Crippen molar-refractivity contribution in [2.75, 3.05) is 5.73 Å². The van der Waals surface area contributed by atoms with Crippen LogP contribution in [0.1, 0.15) is 31.9 Å². The molecule has 2 aromatic rings. The molecule has 94 valence electrons. The fourth-order valence-corrected chi connectivity index (χ4v) is 2.64. The Kier molecular flexibility index (Phi) is 2.52. The molecule has 0 saturated heterocycles. The van der Waals surface area contributed by atoms with Gasteiger partial charge in [-0.2, -0.15) is 0 Å². The molecule has 1 aliphatic carbocycles. The van der Waals surface area contributed by atoms with Gasteiger partial charge < -0.3 is 10.3 Å². The minimum absolute atomic E-state index is 0.302. The van der Waals surface area contributed by atoms with E-state index in [-0.39, 0.29) is 0 Å². The monoisotopic (exact) mass is 306 g/mol. The lowest BCUT2D eigenvalue weighted by Gasteiger charge is -2.04. The topological polar surface area (TPSA) is 52.0 Å². The number of hydrogen-bond acceptors (Lipinski definition) is 3. The number of nitrogens with zero attached hydrogens (tertiary/aromatic N) is 1. The van der Waals surface area contributed by atoms with Crippen molar-refractivity contribution in [2.45, 2.75) is 26.2 Å². The molecule has 1 atom stereocenters. The van der Waals surface area contributed by atoms with Gasteiger partial charge in [0.15, 0.2) is 5.82 Å². The normalized spacial score (nSPS) is 20.9. The largest absolute Gasteiger partial charge is 0.380 e. The summed E-state index contributed by atoms with van der Waals surface area (Å²) < 4.78 is 6.50. The first kappa shape index (κ1) is 11.8. The summed E-state index contributed by atoms with van der Waals surface area (Å²) in [5.41, 5.74) is 8.27. The zero-order chi connectivity index (χ0) is 12.9. The number of nitrogens with two attached hydrogens (primary N) is 1. The van der Waals surface area contributed by atoms with Crippen LogP contribution in [0.4, 0.5) is 5.82 Å². The summed E-state index contributed by atoms with van der Waals surface area (Å²) >= 11 is 3.43. The van der Waals surface area contributed by atoms with Crippen LogP contribution >= 0.6 is 15.9 Å². The Morgan fingerprint density at radius 1 is 1.33 bits per heavy atom. The third kappa shape index (κ3) is 1.85. The number of nitrogen functional groups attached to an aromatic ring is 1. The number of benzene rings is 1. The van der Waals surface area contributed by atoms with E-state index in [1.54, 1.807) is 0 Å². The van der Waals surface area contributed by atoms with E-state index in [1.807, 2.05) is 24.3 Å². The second kappa shape index (κ2) is 3.85. The van der Waals surface area contributed by atoms with E-state index in [0.717, 1.165) is 27.8 Å². The van der Waals surface area contributed by atoms with E-state index in [2.05, 4.69) is 34.9 Å². The average molecular weight is 307 g/mol. The number of aromatic nitrogens is 1. The van der Waals surface area contributed by atoms with E-state index in [4.69, 9.17) is 10.3 Å². The Bertz CT molecular complexity index is 586. The van der Waals surface area contributed by atoms with Gasteiger partial charge in [-0.25, -0.2) is 0 Å². The molecule has 1 aromatic carbocycles. The summed E-state index contributed by atoms with van der Waals surface area (Å²) in [7, 11) is 0. The fraction of sp³-hybridized carbons (Fsp3) is 0.357. The molecule has 1 heterocycles. The summed E-state index contributed by atoms with van der Waals surface area (Å²) in [5, 5.41) is 3.93. The maximum atomic E-state index is 5.95. The van der Waals surface area contributed by atoms with Crippen molar-refractivity contribution < 1.29 is 4.52 Å². The van der Waals surface area contributed by atoms with Crippen molar-refractivity contribution >= 4 is 21.7 Å². The zero-order valence-corrected chi connectivity index (χ0v) is 12.0. The van der Waals surface area contributed by atoms with Gasteiger partial charge in [-0.15, -0.1) is 0 Å². The van der Waals surface area contributed by atoms with Crippen LogP contribution in [0.25, 0.3) is 11.1 Å². The Balaban J connectivity index is 2.06. The molecule has 2 N–H and O–H groups in total. The number of anilines is 1. The summed E-state index contributed by atoms with van der Waals surface area (Å²) in [6.45, 7) is 4.48. The van der Waals surface area contributed by atoms with Crippen molar-refractivity contribution in [3.63, 3.8) is 0 Å². The van der Waals surface area contributed by atoms with Crippen LogP contribution in [-0.4, -0.2) is 5.16 Å². The molecule has 0 amide bonds. The Hall–Kier alpha value is -1.29. The molecule has 1 saturated carbocycles. The SMILES string of the molecule is CC1(C)CC1c1onc(N)c1-c1ccc(Br)cc1. The quantitative estimate of drug-likeness (QED) is 0.904. The third-order valence-corrected chi connectivity index (χ3v) is 4.24. The molecule has 0 spiro atoms. The Labute approximate surface area is 114 Å². The molecule has 1 aliphatic rings. The van der Waals surface area contributed by atoms with E-state index in [9.17, 15) is 0 Å². The minimum Gasteiger partial charge on any atom is -0.380 e. The second-order valence-electron chi connectivity index (χ2n) is 5.56. The van der Waals surface area contributed by atoms with Gasteiger partial charge in [0.05, 0.1) is 5.56 Å². The van der Waals surface area contributed by atoms with Crippen LogP contribution in [0, 0.1) is 5.41 Å². The zero-order valence-electron chi connectivity index (χ0n) is 10.4. The van der Waals surface area contributed by atoms with Gasteiger partial charge in [-0.3, -0.25) is 0 Å². The van der Waals surface area contributed by atoms with Gasteiger partial charge in [0.25, 0.3) is 0 Å². The molecule has 0 bridgehead atoms. The van der Waals surface area contributed by atoms with Gasteiger partial charge >= 0.3 is 0 Å². The predicted octanol–water partition coefficient (Wildman–Crippen LogP) is 4.20. The second-order valence-corrected chi connectivity index (χ2v) is 6.47. The fourth-order valence-electron chi connectivity index (χ4n) is 2.38. The van der Waals surface area contributed by atoms with Crippen molar-refractivity contribution in [2.24, 2.45) is 5.41 Å². The number of rotatable bonds is 2. The molecule has 4 heteroatoms. The highest BCUT2D eigenvalue weighted by Crippen LogP contribution is 2.60. The van der Waals surface area contributed by atoms with E-state index < -0.39 is 0 Å². The van der Waals surface area contributed by atoms with Crippen molar-refractivity contribution in [3.8, 4) is 11.1 Å². The van der Waals surface area contributed by atoms with Gasteiger partial charge in [0.2, 0.25) is 0 Å². The van der Waals surface area contributed by atoms with Crippen molar-refractivity contribution in [3.05, 3.63) is 34.5 Å². The maximum Gasteiger partial charge on any atom is 0.175 e. The first-order valence-corrected chi connectivity index (χ1v) is 6.79. The molecule has 3 rings (SSSR count). The number of hydrogen-bond donors (Lipinski definition) is 1. The molecule has 0 aliphatic heterocycles. The van der Waals surface area contributed by atoms with Crippen molar-refractivity contribution in [1.82, 2.24) is 5.16 Å². The Morgan fingerprint density at radius 3 is 2.50 bits per heavy atom. The van der Waals surface area contributed by atoms with Crippen LogP contribution < -0.4 is 5.73 Å². The van der Waals surface area contributed by atoms with E-state index in [0.29, 0.717) is 17.2 Å². The van der Waals surface area contributed by atoms with Crippen molar-refractivity contribution in [1.29, 1.82) is 0 Å². The van der Waals surface area contributed by atoms with Gasteiger partial charge in [-0.05, 0) is 29.5 Å². The van der Waals surface area contributed by atoms with Crippen LogP contribution in [0.3, 0.4) is 0 Å². The molecular formula is C14H15BrN2O. The molecule has 18 heavy (non-hydrogen) atoms. The summed E-state index contributed by atoms with van der Waals surface area (Å²) in [5.74, 6) is 1.84. The molecular weight excluding hydrogens is 292 g/mol. The van der Waals surface area contributed by atoms with Crippen LogP contribution in [0.5, 0.6) is 0 Å². The summed E-state index contributed by atoms with van der Waals surface area (Å²) in [4.78, 5) is 0. The maximum absolute atomic E-state index is 5.95. The highest BCUT2D eigenvalue weighted by molar-refractivity contribution is 9.10. The lowest BCUT2D eigenvalue weighted by molar-refractivity contribution is 0.376. The van der Waals surface area contributed by atoms with Gasteiger partial charge in [-0.1, -0.05) is 47.1 Å². The summed E-state index contributed by atoms with van der Waals surface area (Å²) in [6, 6.07) is 8.07. The summed E-state index contributed by atoms with van der Waals surface area (Å²) in [6.07, 6.45) is 1.13. The standard InChI is InChI=1S/C14H15BrN2O/c1-14(2)7-10(14)12-11(13(16)17-18-12)8-3-5-9(15)6-4-8/h3-6,10H,7H2,1-2H3,(H2,16,17). The highest BCUT2D eigenvalue weighted by Gasteiger charge is 2.50. The van der Waals surface area contributed by atoms with Crippen LogP contribution in [-0.2, 0) is 0 Å². The molecule has 3 nitrogen and oxygen atoms in total. The smallest absolute Gasteiger partial charge is 0.175 e. The van der Waals surface area contributed by atoms with E-state index >= 15 is 0 Å². The molecule has 0 radical (unpaired) electrons. The van der Waals surface area contributed by atoms with Gasteiger partial charge in [0.1, 0.15) is 5.76 Å². The van der Waals surface area contributed by atoms with E-state index in [1.165, 1.54) is 0 Å². The Morgan fingerprint density at radius 2 is 1.94 bits per heavy atom. The van der Waals surface area contributed by atoms with Gasteiger partial charge in [0, 0.05) is 10.4 Å². The first-order valence-electron chi connectivity index (χ1n) is 6.00. The lowest BCUT2D eigenvalue weighted by atomic mass is 10.0. The highest BCUT2D eigenvalue weighted by atomic mass is 79.9. The average Bonchev–Trinajstić information content (AvgIpc) is 2.78. The lowest BCUT2D eigenvalue weighted by Crippen LogP contribution is -1.93. The molecule has 1 aromatic heterocycles. The number of halogens is 1. The predicted molar refractivity (Wildman–Crippen MR) is 75.2 cm³/mol.